The van der Waals surface area contributed by atoms with Crippen LogP contribution in [0.4, 0.5) is 0 Å². The molecule has 0 aromatic rings. The van der Waals surface area contributed by atoms with Crippen molar-refractivity contribution in [2.24, 2.45) is 11.8 Å². The molecule has 0 fully saturated rings. The quantitative estimate of drug-likeness (QED) is 0.524. The largest absolute Gasteiger partial charge is 0.0956 e. The van der Waals surface area contributed by atoms with Gasteiger partial charge in [0.05, 0.1) is 0 Å². The van der Waals surface area contributed by atoms with Gasteiger partial charge in [-0.3, -0.25) is 0 Å². The number of allylic oxidation sites excluding steroid dienone is 3. The minimum absolute atomic E-state index is 0.579. The van der Waals surface area contributed by atoms with Crippen molar-refractivity contribution in [1.82, 2.24) is 0 Å². The summed E-state index contributed by atoms with van der Waals surface area (Å²) >= 11 is 0. The third-order valence-corrected chi connectivity index (χ3v) is 1.44. The molecular formula is C10H18. The van der Waals surface area contributed by atoms with Gasteiger partial charge in [-0.05, 0) is 11.8 Å². The lowest BCUT2D eigenvalue weighted by Crippen LogP contribution is -1.88. The zero-order chi connectivity index (χ0) is 8.15. The summed E-state index contributed by atoms with van der Waals surface area (Å²) < 4.78 is 0. The summed E-state index contributed by atoms with van der Waals surface area (Å²) in [5.74, 6) is 1.21. The van der Waals surface area contributed by atoms with Crippen LogP contribution in [0.3, 0.4) is 0 Å². The molecule has 0 atom stereocenters. The molecule has 0 radical (unpaired) electrons. The summed E-state index contributed by atoms with van der Waals surface area (Å²) in [5, 5.41) is 0. The highest BCUT2D eigenvalue weighted by atomic mass is 14.0. The third-order valence-electron chi connectivity index (χ3n) is 1.44. The van der Waals surface area contributed by atoms with Crippen LogP contribution >= 0.6 is 0 Å². The standard InChI is InChI=1S/C10H18/c1-8(2)6-7-10(5)9(3)4/h6-9H,5H2,1-4H3/b7-6-. The molecule has 0 aliphatic rings. The Kier molecular flexibility index (Phi) is 4.10. The first-order chi connectivity index (χ1) is 4.54. The average Bonchev–Trinajstić information content (AvgIpc) is 1.82. The van der Waals surface area contributed by atoms with Crippen LogP contribution in [-0.4, -0.2) is 0 Å². The van der Waals surface area contributed by atoms with Gasteiger partial charge in [0, 0.05) is 0 Å². The van der Waals surface area contributed by atoms with Crippen LogP contribution in [0, 0.1) is 11.8 Å². The van der Waals surface area contributed by atoms with Gasteiger partial charge in [0.2, 0.25) is 0 Å². The number of rotatable bonds is 3. The lowest BCUT2D eigenvalue weighted by molar-refractivity contribution is 0.783. The molecule has 0 heterocycles. The smallest absolute Gasteiger partial charge is 0.0225 e. The Morgan fingerprint density at radius 2 is 1.70 bits per heavy atom. The fraction of sp³-hybridized carbons (Fsp3) is 0.600. The van der Waals surface area contributed by atoms with Crippen molar-refractivity contribution < 1.29 is 0 Å². The van der Waals surface area contributed by atoms with E-state index in [1.165, 1.54) is 5.57 Å². The van der Waals surface area contributed by atoms with E-state index in [9.17, 15) is 0 Å². The van der Waals surface area contributed by atoms with Gasteiger partial charge in [-0.1, -0.05) is 52.0 Å². The molecule has 0 saturated carbocycles. The Morgan fingerprint density at radius 1 is 1.20 bits per heavy atom. The summed E-state index contributed by atoms with van der Waals surface area (Å²) in [5.41, 5.74) is 1.22. The van der Waals surface area contributed by atoms with Crippen LogP contribution in [-0.2, 0) is 0 Å². The van der Waals surface area contributed by atoms with Gasteiger partial charge in [-0.2, -0.15) is 0 Å². The highest BCUT2D eigenvalue weighted by molar-refractivity contribution is 5.16. The molecule has 0 aromatic carbocycles. The molecule has 0 aliphatic carbocycles. The SMILES string of the molecule is C=C(/C=C\C(C)C)C(C)C. The number of hydrogen-bond donors (Lipinski definition) is 0. The van der Waals surface area contributed by atoms with Gasteiger partial charge in [-0.25, -0.2) is 0 Å². The molecule has 0 bridgehead atoms. The Hall–Kier alpha value is -0.520. The Bertz CT molecular complexity index is 127. The predicted molar refractivity (Wildman–Crippen MR) is 48.0 cm³/mol. The van der Waals surface area contributed by atoms with E-state index in [0.29, 0.717) is 11.8 Å². The first kappa shape index (κ1) is 9.48. The second-order valence-corrected chi connectivity index (χ2v) is 3.33. The zero-order valence-electron chi connectivity index (χ0n) is 7.52. The number of hydrogen-bond acceptors (Lipinski definition) is 0. The summed E-state index contributed by atoms with van der Waals surface area (Å²) in [7, 11) is 0. The molecule has 0 N–H and O–H groups in total. The highest BCUT2D eigenvalue weighted by Gasteiger charge is 1.93. The van der Waals surface area contributed by atoms with E-state index in [1.807, 2.05) is 0 Å². The van der Waals surface area contributed by atoms with E-state index in [4.69, 9.17) is 0 Å². The van der Waals surface area contributed by atoms with Crippen molar-refractivity contribution >= 4 is 0 Å². The van der Waals surface area contributed by atoms with Crippen molar-refractivity contribution in [3.63, 3.8) is 0 Å². The fourth-order valence-electron chi connectivity index (χ4n) is 0.508. The minimum atomic E-state index is 0.579. The van der Waals surface area contributed by atoms with Crippen LogP contribution in [0.5, 0.6) is 0 Å². The van der Waals surface area contributed by atoms with Gasteiger partial charge < -0.3 is 0 Å². The second kappa shape index (κ2) is 4.32. The van der Waals surface area contributed by atoms with Crippen LogP contribution in [0.2, 0.25) is 0 Å². The summed E-state index contributed by atoms with van der Waals surface area (Å²) in [6.45, 7) is 12.6. The summed E-state index contributed by atoms with van der Waals surface area (Å²) in [4.78, 5) is 0. The van der Waals surface area contributed by atoms with E-state index >= 15 is 0 Å². The summed E-state index contributed by atoms with van der Waals surface area (Å²) in [6, 6.07) is 0. The topological polar surface area (TPSA) is 0 Å². The molecule has 0 amide bonds. The van der Waals surface area contributed by atoms with Crippen LogP contribution < -0.4 is 0 Å². The van der Waals surface area contributed by atoms with Crippen LogP contribution in [0.15, 0.2) is 24.3 Å². The van der Waals surface area contributed by atoms with Crippen LogP contribution in [0.1, 0.15) is 27.7 Å². The van der Waals surface area contributed by atoms with Gasteiger partial charge in [0.1, 0.15) is 0 Å². The molecule has 0 rings (SSSR count). The van der Waals surface area contributed by atoms with E-state index in [-0.39, 0.29) is 0 Å². The zero-order valence-corrected chi connectivity index (χ0v) is 7.52. The molecular weight excluding hydrogens is 120 g/mol. The molecule has 0 unspecified atom stereocenters. The Morgan fingerprint density at radius 3 is 2.00 bits per heavy atom. The monoisotopic (exact) mass is 138 g/mol. The molecule has 0 aliphatic heterocycles. The summed E-state index contributed by atoms with van der Waals surface area (Å²) in [6.07, 6.45) is 4.30. The van der Waals surface area contributed by atoms with Crippen molar-refractivity contribution in [3.8, 4) is 0 Å². The third kappa shape index (κ3) is 4.37. The maximum atomic E-state index is 3.94. The van der Waals surface area contributed by atoms with E-state index < -0.39 is 0 Å². The van der Waals surface area contributed by atoms with E-state index in [1.54, 1.807) is 0 Å². The van der Waals surface area contributed by atoms with E-state index in [0.717, 1.165) is 0 Å². The second-order valence-electron chi connectivity index (χ2n) is 3.33. The Balaban J connectivity index is 3.79. The van der Waals surface area contributed by atoms with Crippen molar-refractivity contribution in [2.75, 3.05) is 0 Å². The molecule has 0 nitrogen and oxygen atoms in total. The van der Waals surface area contributed by atoms with Gasteiger partial charge in [-0.15, -0.1) is 0 Å². The lowest BCUT2D eigenvalue weighted by Gasteiger charge is -2.03. The van der Waals surface area contributed by atoms with Crippen molar-refractivity contribution in [2.45, 2.75) is 27.7 Å². The van der Waals surface area contributed by atoms with E-state index in [2.05, 4.69) is 46.4 Å². The Labute approximate surface area is 64.6 Å². The van der Waals surface area contributed by atoms with Gasteiger partial charge in [0.15, 0.2) is 0 Å². The average molecular weight is 138 g/mol. The van der Waals surface area contributed by atoms with Crippen molar-refractivity contribution in [1.29, 1.82) is 0 Å². The predicted octanol–water partition coefficient (Wildman–Crippen LogP) is 3.41. The molecule has 0 aromatic heterocycles. The lowest BCUT2D eigenvalue weighted by atomic mass is 10.0. The molecule has 58 valence electrons. The molecule has 0 spiro atoms. The first-order valence-electron chi connectivity index (χ1n) is 3.91. The highest BCUT2D eigenvalue weighted by Crippen LogP contribution is 2.09. The van der Waals surface area contributed by atoms with Gasteiger partial charge in [0.25, 0.3) is 0 Å². The van der Waals surface area contributed by atoms with Crippen LogP contribution in [0.25, 0.3) is 0 Å². The fourth-order valence-corrected chi connectivity index (χ4v) is 0.508. The molecule has 0 saturated heterocycles. The first-order valence-corrected chi connectivity index (χ1v) is 3.91. The van der Waals surface area contributed by atoms with Gasteiger partial charge >= 0.3 is 0 Å². The van der Waals surface area contributed by atoms with Crippen molar-refractivity contribution in [3.05, 3.63) is 24.3 Å². The normalized spacial score (nSPS) is 11.8. The minimum Gasteiger partial charge on any atom is -0.0956 e. The maximum absolute atomic E-state index is 3.94. The molecule has 10 heavy (non-hydrogen) atoms. The molecule has 0 heteroatoms. The maximum Gasteiger partial charge on any atom is -0.0225 e.